The quantitative estimate of drug-likeness (QED) is 0.572. The predicted octanol–water partition coefficient (Wildman–Crippen LogP) is 3.12. The summed E-state index contributed by atoms with van der Waals surface area (Å²) in [7, 11) is -6.00. The fourth-order valence-corrected chi connectivity index (χ4v) is 1.26. The molecule has 2 radical (unpaired) electrons. The number of hydrogen-bond acceptors (Lipinski definition) is 0. The van der Waals surface area contributed by atoms with Crippen molar-refractivity contribution in [2.24, 2.45) is 0 Å². The summed E-state index contributed by atoms with van der Waals surface area (Å²) in [6, 6.07) is 10.5. The molecule has 0 fully saturated rings. The molecular formula is C8H9BF4Se. The number of benzene rings is 1. The van der Waals surface area contributed by atoms with E-state index in [1.54, 1.807) is 0 Å². The average molecular weight is 271 g/mol. The Hall–Kier alpha value is -0.476. The average Bonchev–Trinajstić information content (AvgIpc) is 2.03. The molecule has 0 unspecified atom stereocenters. The zero-order valence-electron chi connectivity index (χ0n) is 7.30. The molecule has 6 heteroatoms. The molecule has 0 spiro atoms. The second-order valence-corrected chi connectivity index (χ2v) is 3.29. The van der Waals surface area contributed by atoms with Crippen LogP contribution in [0.15, 0.2) is 30.3 Å². The zero-order chi connectivity index (χ0) is 11.0. The van der Waals surface area contributed by atoms with Crippen molar-refractivity contribution in [1.82, 2.24) is 0 Å². The molecule has 0 N–H and O–H groups in total. The first-order valence-electron chi connectivity index (χ1n) is 3.93. The van der Waals surface area contributed by atoms with Gasteiger partial charge in [-0.15, -0.1) is 0 Å². The van der Waals surface area contributed by atoms with Crippen LogP contribution in [0.25, 0.3) is 0 Å². The van der Waals surface area contributed by atoms with Crippen molar-refractivity contribution in [2.45, 2.75) is 11.7 Å². The van der Waals surface area contributed by atoms with Gasteiger partial charge in [0.1, 0.15) is 0 Å². The summed E-state index contributed by atoms with van der Waals surface area (Å²) in [6.07, 6.45) is 1.15. The molecule has 1 rings (SSSR count). The van der Waals surface area contributed by atoms with Crippen LogP contribution in [0.1, 0.15) is 5.56 Å². The molecule has 0 saturated heterocycles. The van der Waals surface area contributed by atoms with E-state index >= 15 is 0 Å². The van der Waals surface area contributed by atoms with Crippen molar-refractivity contribution in [3.05, 3.63) is 35.9 Å². The first-order chi connectivity index (χ1) is 6.43. The number of rotatable bonds is 2. The third-order valence-corrected chi connectivity index (χ3v) is 1.66. The molecule has 0 bridgehead atoms. The third-order valence-electron chi connectivity index (χ3n) is 1.23. The summed E-state index contributed by atoms with van der Waals surface area (Å²) in [4.78, 5) is 0. The maximum absolute atomic E-state index is 9.75. The monoisotopic (exact) mass is 272 g/mol. The van der Waals surface area contributed by atoms with Gasteiger partial charge in [-0.25, -0.2) is 0 Å². The van der Waals surface area contributed by atoms with Gasteiger partial charge in [0.2, 0.25) is 0 Å². The zero-order valence-corrected chi connectivity index (χ0v) is 9.01. The van der Waals surface area contributed by atoms with Gasteiger partial charge in [-0.2, -0.15) is 0 Å². The standard InChI is InChI=1S/C8H9Se.BF4/c9-7-6-8-4-2-1-3-5-8;2-1(3,4)5/h1-5H,6-7H2;/q+1;-1. The number of halogens is 4. The molecular weight excluding hydrogens is 262 g/mol. The number of hydrogen-bond donors (Lipinski definition) is 0. The maximum atomic E-state index is 9.75. The van der Waals surface area contributed by atoms with Crippen LogP contribution in [0.5, 0.6) is 0 Å². The van der Waals surface area contributed by atoms with Crippen LogP contribution >= 0.6 is 0 Å². The Labute approximate surface area is 88.6 Å². The molecule has 0 nitrogen and oxygen atoms in total. The van der Waals surface area contributed by atoms with Crippen LogP contribution in [0.3, 0.4) is 0 Å². The van der Waals surface area contributed by atoms with E-state index in [4.69, 9.17) is 0 Å². The van der Waals surface area contributed by atoms with Gasteiger partial charge in [-0.05, 0) is 0 Å². The summed E-state index contributed by atoms with van der Waals surface area (Å²) in [5.41, 5.74) is 1.41. The summed E-state index contributed by atoms with van der Waals surface area (Å²) in [5, 5.41) is 1.12. The fourth-order valence-electron chi connectivity index (χ4n) is 0.763. The van der Waals surface area contributed by atoms with Crippen molar-refractivity contribution in [3.8, 4) is 0 Å². The van der Waals surface area contributed by atoms with E-state index < -0.39 is 7.25 Å². The van der Waals surface area contributed by atoms with Crippen LogP contribution in [-0.4, -0.2) is 23.3 Å². The topological polar surface area (TPSA) is 0 Å². The molecule has 78 valence electrons. The summed E-state index contributed by atoms with van der Waals surface area (Å²) in [5.74, 6) is 0. The summed E-state index contributed by atoms with van der Waals surface area (Å²) in [6.45, 7) is 0. The molecule has 0 aromatic heterocycles. The van der Waals surface area contributed by atoms with E-state index in [1.807, 2.05) is 6.07 Å². The molecule has 0 aliphatic rings. The second kappa shape index (κ2) is 6.90. The van der Waals surface area contributed by atoms with Gasteiger partial charge in [0.25, 0.3) is 0 Å². The van der Waals surface area contributed by atoms with Gasteiger partial charge in [0.05, 0.1) is 0 Å². The molecule has 0 atom stereocenters. The SMILES string of the molecule is F[B-](F)(F)F.[Se+]CCc1ccccc1. The molecule has 1 aromatic rings. The minimum absolute atomic E-state index is 1.12. The molecule has 0 aliphatic heterocycles. The first-order valence-corrected chi connectivity index (χ1v) is 5.14. The van der Waals surface area contributed by atoms with Crippen LogP contribution in [0.2, 0.25) is 5.32 Å². The Balaban J connectivity index is 0.000000292. The van der Waals surface area contributed by atoms with Crippen LogP contribution in [0.4, 0.5) is 17.3 Å². The van der Waals surface area contributed by atoms with Crippen molar-refractivity contribution in [3.63, 3.8) is 0 Å². The Kier molecular flexibility index (Phi) is 6.67. The third kappa shape index (κ3) is 11.5. The summed E-state index contributed by atoms with van der Waals surface area (Å²) >= 11 is 2.99. The number of aryl methyl sites for hydroxylation is 1. The van der Waals surface area contributed by atoms with Crippen molar-refractivity contribution < 1.29 is 17.3 Å². The molecule has 1 aromatic carbocycles. The molecule has 14 heavy (non-hydrogen) atoms. The van der Waals surface area contributed by atoms with Gasteiger partial charge >= 0.3 is 70.9 Å². The first kappa shape index (κ1) is 13.5. The van der Waals surface area contributed by atoms with E-state index in [2.05, 4.69) is 40.3 Å². The van der Waals surface area contributed by atoms with Gasteiger partial charge < -0.3 is 17.3 Å². The van der Waals surface area contributed by atoms with E-state index in [-0.39, 0.29) is 0 Å². The van der Waals surface area contributed by atoms with Crippen molar-refractivity contribution >= 4 is 23.3 Å². The molecule has 0 aliphatic carbocycles. The summed E-state index contributed by atoms with van der Waals surface area (Å²) < 4.78 is 39.0. The second-order valence-electron chi connectivity index (χ2n) is 2.43. The Morgan fingerprint density at radius 1 is 1.00 bits per heavy atom. The molecule has 0 saturated carbocycles. The fraction of sp³-hybridized carbons (Fsp3) is 0.250. The van der Waals surface area contributed by atoms with Gasteiger partial charge in [0, 0.05) is 0 Å². The van der Waals surface area contributed by atoms with E-state index in [1.165, 1.54) is 5.56 Å². The van der Waals surface area contributed by atoms with E-state index in [0.717, 1.165) is 11.7 Å². The predicted molar refractivity (Wildman–Crippen MR) is 50.9 cm³/mol. The van der Waals surface area contributed by atoms with Crippen molar-refractivity contribution in [2.75, 3.05) is 0 Å². The van der Waals surface area contributed by atoms with E-state index in [0.29, 0.717) is 0 Å². The van der Waals surface area contributed by atoms with Crippen molar-refractivity contribution in [1.29, 1.82) is 0 Å². The molecule has 0 heterocycles. The van der Waals surface area contributed by atoms with Crippen LogP contribution < -0.4 is 0 Å². The van der Waals surface area contributed by atoms with Crippen LogP contribution in [0, 0.1) is 0 Å². The van der Waals surface area contributed by atoms with Gasteiger partial charge in [-0.3, -0.25) is 0 Å². The van der Waals surface area contributed by atoms with E-state index in [9.17, 15) is 17.3 Å². The van der Waals surface area contributed by atoms with Crippen LogP contribution in [-0.2, 0) is 6.42 Å². The van der Waals surface area contributed by atoms with Gasteiger partial charge in [-0.1, -0.05) is 0 Å². The minimum atomic E-state index is -6.00. The van der Waals surface area contributed by atoms with Gasteiger partial charge in [0.15, 0.2) is 0 Å². The Bertz CT molecular complexity index is 231. The Morgan fingerprint density at radius 2 is 1.43 bits per heavy atom. The Morgan fingerprint density at radius 3 is 1.79 bits per heavy atom. The normalized spacial score (nSPS) is 10.4. The molecule has 0 amide bonds.